The van der Waals surface area contributed by atoms with Crippen LogP contribution in [0.3, 0.4) is 0 Å². The molecule has 0 saturated heterocycles. The van der Waals surface area contributed by atoms with Crippen LogP contribution >= 0.6 is 0 Å². The van der Waals surface area contributed by atoms with E-state index in [0.717, 1.165) is 56.1 Å². The Labute approximate surface area is 329 Å². The predicted molar refractivity (Wildman–Crippen MR) is 217 cm³/mol. The Morgan fingerprint density at radius 3 is 2.27 bits per heavy atom. The fourth-order valence-corrected chi connectivity index (χ4v) is 14.1. The summed E-state index contributed by atoms with van der Waals surface area (Å²) in [7, 11) is 0. The number of rotatable bonds is 9. The van der Waals surface area contributed by atoms with Gasteiger partial charge in [-0.25, -0.2) is 4.79 Å². The zero-order valence-corrected chi connectivity index (χ0v) is 34.5. The van der Waals surface area contributed by atoms with Gasteiger partial charge >= 0.3 is 5.97 Å². The van der Waals surface area contributed by atoms with Crippen molar-refractivity contribution in [1.82, 2.24) is 10.6 Å². The zero-order valence-electron chi connectivity index (χ0n) is 34.5. The van der Waals surface area contributed by atoms with Crippen LogP contribution in [0.2, 0.25) is 0 Å². The van der Waals surface area contributed by atoms with Crippen LogP contribution in [-0.2, 0) is 11.3 Å². The SMILES string of the molecule is C=C(C)[C@@H]1CCC2(C(=O)NCc3cccc(C(=O)NCC(C)c4cccc(C(=O)O)c4)c3)CC[C@]3(C)C(CCC4C5(C)CCC(O)C(C)(C)C5CCC43C)C12. The third kappa shape index (κ3) is 6.30. The minimum absolute atomic E-state index is 0.0612. The first-order valence-electron chi connectivity index (χ1n) is 21.2. The Bertz CT molecular complexity index is 1850. The second-order valence-corrected chi connectivity index (χ2v) is 20.1. The molecule has 0 aliphatic heterocycles. The van der Waals surface area contributed by atoms with Crippen molar-refractivity contribution in [3.8, 4) is 0 Å². The number of hydrogen-bond acceptors (Lipinski definition) is 4. The molecule has 5 aliphatic carbocycles. The van der Waals surface area contributed by atoms with Crippen LogP contribution in [0.25, 0.3) is 0 Å². The van der Waals surface area contributed by atoms with Crippen molar-refractivity contribution in [2.24, 2.45) is 56.7 Å². The number of fused-ring (bicyclic) bond motifs is 7. The Morgan fingerprint density at radius 1 is 0.818 bits per heavy atom. The first kappa shape index (κ1) is 39.8. The van der Waals surface area contributed by atoms with Crippen molar-refractivity contribution in [3.05, 3.63) is 82.9 Å². The normalized spacial score (nSPS) is 38.0. The van der Waals surface area contributed by atoms with Crippen molar-refractivity contribution in [3.63, 3.8) is 0 Å². The van der Waals surface area contributed by atoms with Gasteiger partial charge in [0.05, 0.1) is 17.1 Å². The summed E-state index contributed by atoms with van der Waals surface area (Å²) in [5.41, 5.74) is 3.79. The molecular formula is C48H66N2O5. The fraction of sp³-hybridized carbons (Fsp3) is 0.646. The lowest BCUT2D eigenvalue weighted by atomic mass is 9.32. The lowest BCUT2D eigenvalue weighted by Gasteiger charge is -2.72. The molecule has 2 aromatic rings. The Hall–Kier alpha value is -3.45. The highest BCUT2D eigenvalue weighted by Gasteiger charge is 2.71. The van der Waals surface area contributed by atoms with Gasteiger partial charge in [0.1, 0.15) is 0 Å². The number of hydrogen-bond donors (Lipinski definition) is 4. The molecule has 0 heterocycles. The second kappa shape index (κ2) is 14.2. The van der Waals surface area contributed by atoms with Gasteiger partial charge in [-0.3, -0.25) is 9.59 Å². The quantitative estimate of drug-likeness (QED) is 0.191. The smallest absolute Gasteiger partial charge is 0.335 e. The molecule has 0 radical (unpaired) electrons. The average Bonchev–Trinajstić information content (AvgIpc) is 3.56. The van der Waals surface area contributed by atoms with E-state index in [9.17, 15) is 24.6 Å². The minimum Gasteiger partial charge on any atom is -0.478 e. The standard InChI is InChI=1S/C48H66N2O5/c1-29(2)35-17-22-48(43(55)50-28-31-11-9-13-33(25-31)41(52)49-27-30(3)32-12-10-14-34(26-32)42(53)54)24-23-46(7)36(40(35)48)15-16-38-45(6)20-19-39(51)44(4,5)37(45)18-21-47(38,46)8/h9-14,25-26,30,35-40,51H,1,15-24,27-28H2,2-8H3,(H,49,52)(H,50,55)(H,53,54)/t30?,35-,36?,37?,38?,39?,40?,45?,46+,47?,48?/m0/s1. The van der Waals surface area contributed by atoms with Crippen LogP contribution in [0.4, 0.5) is 0 Å². The van der Waals surface area contributed by atoms with Crippen LogP contribution < -0.4 is 10.6 Å². The lowest BCUT2D eigenvalue weighted by Crippen LogP contribution is -2.67. The predicted octanol–water partition coefficient (Wildman–Crippen LogP) is 9.55. The minimum atomic E-state index is -0.970. The summed E-state index contributed by atoms with van der Waals surface area (Å²) in [4.78, 5) is 39.4. The average molecular weight is 751 g/mol. The van der Waals surface area contributed by atoms with Gasteiger partial charge < -0.3 is 20.8 Å². The van der Waals surface area contributed by atoms with Gasteiger partial charge in [-0.2, -0.15) is 0 Å². The van der Waals surface area contributed by atoms with Gasteiger partial charge in [0, 0.05) is 18.7 Å². The molecular weight excluding hydrogens is 685 g/mol. The molecule has 0 aromatic heterocycles. The lowest BCUT2D eigenvalue weighted by molar-refractivity contribution is -0.246. The van der Waals surface area contributed by atoms with Crippen molar-refractivity contribution >= 4 is 17.8 Å². The molecule has 0 spiro atoms. The molecule has 298 valence electrons. The number of carboxylic acid groups (broad SMARTS) is 1. The van der Waals surface area contributed by atoms with E-state index in [2.05, 4.69) is 58.8 Å². The summed E-state index contributed by atoms with van der Waals surface area (Å²) < 4.78 is 0. The van der Waals surface area contributed by atoms with E-state index in [0.29, 0.717) is 42.3 Å². The van der Waals surface area contributed by atoms with Crippen LogP contribution in [0.1, 0.15) is 150 Å². The van der Waals surface area contributed by atoms with Crippen LogP contribution in [0, 0.1) is 56.7 Å². The Balaban J connectivity index is 1.06. The molecule has 11 atom stereocenters. The zero-order chi connectivity index (χ0) is 39.7. The van der Waals surface area contributed by atoms with Gasteiger partial charge in [-0.05, 0) is 164 Å². The first-order valence-corrected chi connectivity index (χ1v) is 21.2. The number of carboxylic acids is 1. The number of allylic oxidation sites excluding steroid dienone is 1. The highest BCUT2D eigenvalue weighted by Crippen LogP contribution is 2.77. The van der Waals surface area contributed by atoms with Gasteiger partial charge in [0.2, 0.25) is 5.91 Å². The van der Waals surface area contributed by atoms with E-state index in [1.54, 1.807) is 24.3 Å². The van der Waals surface area contributed by atoms with Crippen molar-refractivity contribution in [1.29, 1.82) is 0 Å². The number of carbonyl (C=O) groups excluding carboxylic acids is 2. The van der Waals surface area contributed by atoms with Gasteiger partial charge in [-0.1, -0.05) is 78.0 Å². The fourth-order valence-electron chi connectivity index (χ4n) is 14.1. The number of aliphatic hydroxyl groups is 1. The Morgan fingerprint density at radius 2 is 1.55 bits per heavy atom. The summed E-state index contributed by atoms with van der Waals surface area (Å²) >= 11 is 0. The van der Waals surface area contributed by atoms with E-state index >= 15 is 0 Å². The van der Waals surface area contributed by atoms with Gasteiger partial charge in [-0.15, -0.1) is 0 Å². The first-order chi connectivity index (χ1) is 25.9. The summed E-state index contributed by atoms with van der Waals surface area (Å²) in [6.07, 6.45) is 10.4. The summed E-state index contributed by atoms with van der Waals surface area (Å²) in [5.74, 6) is 1.16. The largest absolute Gasteiger partial charge is 0.478 e. The molecule has 7 nitrogen and oxygen atoms in total. The second-order valence-electron chi connectivity index (χ2n) is 20.1. The summed E-state index contributed by atoms with van der Waals surface area (Å²) in [5, 5.41) is 26.9. The molecule has 0 bridgehead atoms. The number of benzene rings is 2. The Kier molecular flexibility index (Phi) is 10.3. The highest BCUT2D eigenvalue weighted by molar-refractivity contribution is 5.94. The topological polar surface area (TPSA) is 116 Å². The van der Waals surface area contributed by atoms with Crippen molar-refractivity contribution < 1.29 is 24.6 Å². The molecule has 5 saturated carbocycles. The van der Waals surface area contributed by atoms with Crippen LogP contribution in [-0.4, -0.2) is 40.6 Å². The summed E-state index contributed by atoms with van der Waals surface area (Å²) in [6, 6.07) is 14.3. The molecule has 2 amide bonds. The third-order valence-corrected chi connectivity index (χ3v) is 17.4. The number of amides is 2. The monoisotopic (exact) mass is 750 g/mol. The molecule has 7 heteroatoms. The highest BCUT2D eigenvalue weighted by atomic mass is 16.4. The van der Waals surface area contributed by atoms with Gasteiger partial charge in [0.15, 0.2) is 0 Å². The van der Waals surface area contributed by atoms with E-state index in [4.69, 9.17) is 0 Å². The van der Waals surface area contributed by atoms with Crippen LogP contribution in [0.15, 0.2) is 60.7 Å². The molecule has 5 aliphatic rings. The maximum atomic E-state index is 14.7. The number of carbonyl (C=O) groups is 3. The van der Waals surface area contributed by atoms with Gasteiger partial charge in [0.25, 0.3) is 5.91 Å². The molecule has 2 aromatic carbocycles. The third-order valence-electron chi connectivity index (χ3n) is 17.4. The number of nitrogens with one attached hydrogen (secondary N) is 2. The molecule has 4 N–H and O–H groups in total. The molecule has 5 fully saturated rings. The van der Waals surface area contributed by atoms with E-state index in [1.165, 1.54) is 24.8 Å². The molecule has 55 heavy (non-hydrogen) atoms. The van der Waals surface area contributed by atoms with E-state index in [-0.39, 0.29) is 57.0 Å². The molecule has 9 unspecified atom stereocenters. The van der Waals surface area contributed by atoms with Crippen LogP contribution in [0.5, 0.6) is 0 Å². The molecule has 7 rings (SSSR count). The van der Waals surface area contributed by atoms with E-state index < -0.39 is 11.4 Å². The summed E-state index contributed by atoms with van der Waals surface area (Å²) in [6.45, 7) is 21.9. The maximum Gasteiger partial charge on any atom is 0.335 e. The van der Waals surface area contributed by atoms with Crippen molar-refractivity contribution in [2.75, 3.05) is 6.54 Å². The number of aromatic carboxylic acids is 1. The van der Waals surface area contributed by atoms with E-state index in [1.807, 2.05) is 31.2 Å². The number of aliphatic hydroxyl groups excluding tert-OH is 1. The maximum absolute atomic E-state index is 14.7. The van der Waals surface area contributed by atoms with Crippen molar-refractivity contribution in [2.45, 2.75) is 131 Å².